The van der Waals surface area contributed by atoms with Crippen molar-refractivity contribution in [2.45, 2.75) is 37.6 Å². The van der Waals surface area contributed by atoms with Crippen LogP contribution >= 0.6 is 0 Å². The van der Waals surface area contributed by atoms with E-state index in [0.29, 0.717) is 12.8 Å². The molecule has 1 saturated carbocycles. The van der Waals surface area contributed by atoms with Gasteiger partial charge in [-0.1, -0.05) is 19.3 Å². The minimum Gasteiger partial charge on any atom is -0.323 e. The highest BCUT2D eigenvalue weighted by Crippen LogP contribution is 2.33. The van der Waals surface area contributed by atoms with Gasteiger partial charge in [-0.2, -0.15) is 5.26 Å². The van der Waals surface area contributed by atoms with Gasteiger partial charge in [0.1, 0.15) is 5.54 Å². The monoisotopic (exact) mass is 261 g/mol. The van der Waals surface area contributed by atoms with Crippen molar-refractivity contribution in [2.75, 3.05) is 7.05 Å². The summed E-state index contributed by atoms with van der Waals surface area (Å²) in [7, 11) is 1.58. The normalized spacial score (nSPS) is 17.5. The van der Waals surface area contributed by atoms with Crippen molar-refractivity contribution in [1.29, 1.82) is 5.26 Å². The predicted molar refractivity (Wildman–Crippen MR) is 67.7 cm³/mol. The summed E-state index contributed by atoms with van der Waals surface area (Å²) in [6.45, 7) is 0. The van der Waals surface area contributed by atoms with E-state index in [9.17, 15) is 14.4 Å². The number of pyridine rings is 1. The lowest BCUT2D eigenvalue weighted by atomic mass is 9.81. The minimum atomic E-state index is -0.801. The van der Waals surface area contributed by atoms with Crippen LogP contribution in [0.5, 0.6) is 0 Å². The molecular weight excluding hydrogens is 245 g/mol. The number of hydrogen-bond donors (Lipinski definition) is 0. The first kappa shape index (κ1) is 13.5. The minimum absolute atomic E-state index is 0.0299. The number of rotatable bonds is 2. The molecule has 1 amide bonds. The molecule has 1 aliphatic carbocycles. The molecule has 0 unspecified atom stereocenters. The number of amides is 1. The van der Waals surface area contributed by atoms with Crippen molar-refractivity contribution >= 4 is 5.91 Å². The Labute approximate surface area is 111 Å². The summed E-state index contributed by atoms with van der Waals surface area (Å²) in [4.78, 5) is 17.4. The number of hydrogen-bond acceptors (Lipinski definition) is 3. The summed E-state index contributed by atoms with van der Waals surface area (Å²) in [6.07, 6.45) is 6.62. The number of carbonyl (C=O) groups excluding carboxylic acids is 1. The summed E-state index contributed by atoms with van der Waals surface area (Å²) in [5, 5.41) is 9.43. The molecule has 1 aliphatic rings. The first-order chi connectivity index (χ1) is 9.10. The highest BCUT2D eigenvalue weighted by Gasteiger charge is 2.39. The standard InChI is InChI=1S/C14H16FN3O/c1-18(14(10-16)6-3-2-4-7-14)13(19)11-5-8-17-9-12(11)15/h5,8-9H,2-4,6-7H2,1H3. The van der Waals surface area contributed by atoms with Crippen LogP contribution in [-0.2, 0) is 0 Å². The predicted octanol–water partition coefficient (Wildman–Crippen LogP) is 2.52. The Balaban J connectivity index is 2.28. The topological polar surface area (TPSA) is 57.0 Å². The van der Waals surface area contributed by atoms with Gasteiger partial charge in [0.2, 0.25) is 0 Å². The lowest BCUT2D eigenvalue weighted by Gasteiger charge is -2.39. The van der Waals surface area contributed by atoms with Crippen molar-refractivity contribution < 1.29 is 9.18 Å². The smallest absolute Gasteiger partial charge is 0.257 e. The lowest BCUT2D eigenvalue weighted by molar-refractivity contribution is 0.0584. The second-order valence-corrected chi connectivity index (χ2v) is 4.92. The third kappa shape index (κ3) is 2.43. The first-order valence-corrected chi connectivity index (χ1v) is 6.40. The lowest BCUT2D eigenvalue weighted by Crippen LogP contribution is -2.50. The van der Waals surface area contributed by atoms with Crippen LogP contribution in [0.15, 0.2) is 18.5 Å². The molecule has 5 heteroatoms. The molecule has 0 bridgehead atoms. The molecule has 0 radical (unpaired) electrons. The molecule has 1 heterocycles. The van der Waals surface area contributed by atoms with Gasteiger partial charge in [0.15, 0.2) is 5.82 Å². The summed E-state index contributed by atoms with van der Waals surface area (Å²) < 4.78 is 13.6. The van der Waals surface area contributed by atoms with E-state index in [4.69, 9.17) is 0 Å². The van der Waals surface area contributed by atoms with Gasteiger partial charge in [-0.25, -0.2) is 4.39 Å². The second kappa shape index (κ2) is 5.35. The Morgan fingerprint density at radius 1 is 1.47 bits per heavy atom. The van der Waals surface area contributed by atoms with E-state index in [2.05, 4.69) is 11.1 Å². The van der Waals surface area contributed by atoms with Gasteiger partial charge in [-0.05, 0) is 18.9 Å². The molecule has 19 heavy (non-hydrogen) atoms. The highest BCUT2D eigenvalue weighted by molar-refractivity contribution is 5.95. The Hall–Kier alpha value is -1.96. The van der Waals surface area contributed by atoms with E-state index in [1.54, 1.807) is 7.05 Å². The molecule has 100 valence electrons. The van der Waals surface area contributed by atoms with Gasteiger partial charge < -0.3 is 4.90 Å². The molecule has 0 aliphatic heterocycles. The fourth-order valence-electron chi connectivity index (χ4n) is 2.58. The average molecular weight is 261 g/mol. The largest absolute Gasteiger partial charge is 0.323 e. The van der Waals surface area contributed by atoms with Gasteiger partial charge in [0.25, 0.3) is 5.91 Å². The molecule has 0 spiro atoms. The fourth-order valence-corrected chi connectivity index (χ4v) is 2.58. The zero-order valence-electron chi connectivity index (χ0n) is 10.9. The summed E-state index contributed by atoms with van der Waals surface area (Å²) in [5.41, 5.74) is -0.830. The van der Waals surface area contributed by atoms with E-state index in [1.165, 1.54) is 17.2 Å². The molecule has 0 aromatic carbocycles. The van der Waals surface area contributed by atoms with Crippen molar-refractivity contribution in [3.05, 3.63) is 29.8 Å². The summed E-state index contributed by atoms with van der Waals surface area (Å²) in [5.74, 6) is -1.11. The maximum absolute atomic E-state index is 13.6. The van der Waals surface area contributed by atoms with Crippen LogP contribution in [0.4, 0.5) is 4.39 Å². The van der Waals surface area contributed by atoms with E-state index in [0.717, 1.165) is 25.5 Å². The average Bonchev–Trinajstić information content (AvgIpc) is 2.47. The van der Waals surface area contributed by atoms with Crippen LogP contribution in [-0.4, -0.2) is 28.4 Å². The molecule has 0 N–H and O–H groups in total. The number of nitrogens with zero attached hydrogens (tertiary/aromatic N) is 3. The fraction of sp³-hybridized carbons (Fsp3) is 0.500. The van der Waals surface area contributed by atoms with Crippen LogP contribution < -0.4 is 0 Å². The molecule has 1 aromatic rings. The maximum atomic E-state index is 13.6. The Bertz CT molecular complexity index is 518. The van der Waals surface area contributed by atoms with Crippen LogP contribution in [0.2, 0.25) is 0 Å². The number of aromatic nitrogens is 1. The third-order valence-electron chi connectivity index (χ3n) is 3.84. The van der Waals surface area contributed by atoms with Gasteiger partial charge in [0, 0.05) is 13.2 Å². The van der Waals surface area contributed by atoms with E-state index in [-0.39, 0.29) is 5.56 Å². The first-order valence-electron chi connectivity index (χ1n) is 6.40. The summed E-state index contributed by atoms with van der Waals surface area (Å²) in [6, 6.07) is 3.60. The van der Waals surface area contributed by atoms with Crippen molar-refractivity contribution in [3.8, 4) is 6.07 Å². The molecule has 1 fully saturated rings. The van der Waals surface area contributed by atoms with Crippen LogP contribution in [0.3, 0.4) is 0 Å². The Kier molecular flexibility index (Phi) is 3.79. The maximum Gasteiger partial charge on any atom is 0.257 e. The van der Waals surface area contributed by atoms with E-state index < -0.39 is 17.3 Å². The molecule has 0 atom stereocenters. The SMILES string of the molecule is CN(C(=O)c1ccncc1F)C1(C#N)CCCCC1. The Morgan fingerprint density at radius 3 is 2.74 bits per heavy atom. The van der Waals surface area contributed by atoms with Gasteiger partial charge >= 0.3 is 0 Å². The molecule has 4 nitrogen and oxygen atoms in total. The van der Waals surface area contributed by atoms with Crippen molar-refractivity contribution in [2.24, 2.45) is 0 Å². The van der Waals surface area contributed by atoms with Crippen molar-refractivity contribution in [1.82, 2.24) is 9.88 Å². The highest BCUT2D eigenvalue weighted by atomic mass is 19.1. The molecule has 0 saturated heterocycles. The third-order valence-corrected chi connectivity index (χ3v) is 3.84. The molecule has 2 rings (SSSR count). The van der Waals surface area contributed by atoms with Crippen LogP contribution in [0.1, 0.15) is 42.5 Å². The quantitative estimate of drug-likeness (QED) is 0.822. The Morgan fingerprint density at radius 2 is 2.16 bits per heavy atom. The number of nitriles is 1. The van der Waals surface area contributed by atoms with Gasteiger partial charge in [0.05, 0.1) is 17.8 Å². The number of carbonyl (C=O) groups is 1. The van der Waals surface area contributed by atoms with Crippen LogP contribution in [0.25, 0.3) is 0 Å². The zero-order valence-corrected chi connectivity index (χ0v) is 10.9. The van der Waals surface area contributed by atoms with E-state index >= 15 is 0 Å². The second-order valence-electron chi connectivity index (χ2n) is 4.92. The molecular formula is C14H16FN3O. The summed E-state index contributed by atoms with van der Waals surface area (Å²) >= 11 is 0. The zero-order chi connectivity index (χ0) is 13.9. The van der Waals surface area contributed by atoms with Gasteiger partial charge in [-0.3, -0.25) is 9.78 Å². The van der Waals surface area contributed by atoms with Crippen LogP contribution in [0, 0.1) is 17.1 Å². The molecule has 1 aromatic heterocycles. The van der Waals surface area contributed by atoms with Gasteiger partial charge in [-0.15, -0.1) is 0 Å². The number of halogens is 1. The van der Waals surface area contributed by atoms with E-state index in [1.807, 2.05) is 0 Å². The van der Waals surface area contributed by atoms with Crippen molar-refractivity contribution in [3.63, 3.8) is 0 Å².